The summed E-state index contributed by atoms with van der Waals surface area (Å²) in [5.74, 6) is 0. The third kappa shape index (κ3) is 397000. The number of aliphatic hydroxyl groups excluding tert-OH is 1. The molecule has 0 saturated heterocycles. The number of rotatable bonds is 0. The third-order valence-electron chi connectivity index (χ3n) is 0. The Hall–Kier alpha value is -0.0600. The molecule has 9 nitrogen and oxygen atoms in total. The van der Waals surface area contributed by atoms with Crippen molar-refractivity contribution in [3.8, 4) is 0 Å². The molecule has 0 amide bonds. The highest BCUT2D eigenvalue weighted by Gasteiger charge is 2.00. The van der Waals surface area contributed by atoms with Gasteiger partial charge in [0.1, 0.15) is 0 Å². The Morgan fingerprint density at radius 3 is 1.07 bits per heavy atom. The Bertz CT molecular complexity index is 230. The smallest absolute Gasteiger partial charge is 0.394 e. The van der Waals surface area contributed by atoms with Crippen molar-refractivity contribution in [2.45, 2.75) is 20.0 Å². The molecule has 0 aliphatic rings. The lowest BCUT2D eigenvalue weighted by Gasteiger charge is -1.82. The van der Waals surface area contributed by atoms with E-state index in [0.717, 1.165) is 0 Å². The predicted octanol–water partition coefficient (Wildman–Crippen LogP) is -1.19. The highest BCUT2D eigenvalue weighted by Crippen LogP contribution is 2.25. The van der Waals surface area contributed by atoms with E-state index in [9.17, 15) is 0 Å². The van der Waals surface area contributed by atoms with Crippen LogP contribution < -0.4 is 0 Å². The van der Waals surface area contributed by atoms with Crippen LogP contribution in [0.2, 0.25) is 0 Å². The van der Waals surface area contributed by atoms with Gasteiger partial charge in [0, 0.05) is 6.10 Å². The van der Waals surface area contributed by atoms with Crippen LogP contribution in [0.25, 0.3) is 0 Å². The van der Waals surface area contributed by atoms with E-state index in [0.29, 0.717) is 0 Å². The molecule has 0 aromatic carbocycles. The van der Waals surface area contributed by atoms with Crippen LogP contribution in [0.4, 0.5) is 0 Å². The summed E-state index contributed by atoms with van der Waals surface area (Å²) in [6.45, 7) is 3.44. The van der Waals surface area contributed by atoms with Gasteiger partial charge in [-0.15, -0.1) is 0 Å². The molecule has 0 aliphatic heterocycles. The quantitative estimate of drug-likeness (QED) is 0.230. The summed E-state index contributed by atoms with van der Waals surface area (Å²) in [5, 5.41) is 8.06. The maximum absolute atomic E-state index is 8.88. The Balaban J connectivity index is -0.000000131. The topological polar surface area (TPSA) is 173 Å². The third-order valence-corrected chi connectivity index (χ3v) is 0. The summed E-state index contributed by atoms with van der Waals surface area (Å²) >= 11 is 0. The summed E-state index contributed by atoms with van der Waals surface area (Å²) in [4.78, 5) is 21.6. The Morgan fingerprint density at radius 2 is 1.07 bits per heavy atom. The molecule has 0 fully saturated rings. The van der Waals surface area contributed by atoms with E-state index >= 15 is 0 Å². The first-order valence-electron chi connectivity index (χ1n) is 2.89. The number of hydrogen-bond donors (Lipinski definition) is 6. The molecule has 0 bridgehead atoms. The number of aliphatic hydroxyl groups is 1. The van der Waals surface area contributed by atoms with E-state index in [1.165, 1.54) is 0 Å². The van der Waals surface area contributed by atoms with E-state index in [4.69, 9.17) is 41.9 Å². The van der Waals surface area contributed by atoms with Crippen molar-refractivity contribution in [2.75, 3.05) is 0 Å². The van der Waals surface area contributed by atoms with Crippen LogP contribution in [-0.2, 0) is 15.0 Å². The largest absolute Gasteiger partial charge is 0.466 e. The highest BCUT2D eigenvalue weighted by atomic mass is 32.3. The van der Waals surface area contributed by atoms with Crippen molar-refractivity contribution >= 4 is 18.2 Å². The summed E-state index contributed by atoms with van der Waals surface area (Å²) in [6, 6.07) is 0. The van der Waals surface area contributed by atoms with Gasteiger partial charge < -0.3 is 19.8 Å². The minimum Gasteiger partial charge on any atom is -0.394 e. The predicted molar refractivity (Wildman–Crippen MR) is 45.8 cm³/mol. The maximum atomic E-state index is 8.88. The van der Waals surface area contributed by atoms with Crippen LogP contribution >= 0.6 is 7.82 Å². The van der Waals surface area contributed by atoms with Crippen molar-refractivity contribution in [1.82, 2.24) is 0 Å². The zero-order valence-electron chi connectivity index (χ0n) is 7.34. The molecule has 6 N–H and O–H groups in total. The van der Waals surface area contributed by atoms with Gasteiger partial charge >= 0.3 is 18.2 Å². The average molecular weight is 256 g/mol. The molecule has 11 heteroatoms. The average Bonchev–Trinajstić information content (AvgIpc) is 1.45. The summed E-state index contributed by atoms with van der Waals surface area (Å²) < 4.78 is 40.5. The summed E-state index contributed by atoms with van der Waals surface area (Å²) in [6.07, 6.45) is -0.167. The molecule has 0 atom stereocenters. The van der Waals surface area contributed by atoms with Crippen LogP contribution in [0, 0.1) is 0 Å². The van der Waals surface area contributed by atoms with Gasteiger partial charge in [-0.25, -0.2) is 4.57 Å². The second-order valence-corrected chi connectivity index (χ2v) is 3.98. The molecule has 0 radical (unpaired) electrons. The lowest BCUT2D eigenvalue weighted by Crippen LogP contribution is -1.89. The van der Waals surface area contributed by atoms with Crippen molar-refractivity contribution in [1.29, 1.82) is 0 Å². The Morgan fingerprint density at radius 1 is 1.07 bits per heavy atom. The highest BCUT2D eigenvalue weighted by molar-refractivity contribution is 7.79. The van der Waals surface area contributed by atoms with E-state index in [-0.39, 0.29) is 6.10 Å². The van der Waals surface area contributed by atoms with Gasteiger partial charge in [-0.3, -0.25) is 9.11 Å². The van der Waals surface area contributed by atoms with Crippen LogP contribution in [0.1, 0.15) is 13.8 Å². The van der Waals surface area contributed by atoms with Crippen LogP contribution in [0.15, 0.2) is 0 Å². The van der Waals surface area contributed by atoms with Crippen molar-refractivity contribution in [2.24, 2.45) is 0 Å². The van der Waals surface area contributed by atoms with Gasteiger partial charge in [-0.1, -0.05) is 0 Å². The lowest BCUT2D eigenvalue weighted by molar-refractivity contribution is 0.216. The minimum absolute atomic E-state index is 0.167. The van der Waals surface area contributed by atoms with E-state index in [2.05, 4.69) is 0 Å². The van der Waals surface area contributed by atoms with Crippen molar-refractivity contribution in [3.63, 3.8) is 0 Å². The van der Waals surface area contributed by atoms with Gasteiger partial charge in [-0.2, -0.15) is 8.42 Å². The molecule has 0 aromatic heterocycles. The molecule has 0 rings (SSSR count). The van der Waals surface area contributed by atoms with Crippen molar-refractivity contribution < 1.29 is 41.9 Å². The molecule has 14 heavy (non-hydrogen) atoms. The summed E-state index contributed by atoms with van der Waals surface area (Å²) in [5.41, 5.74) is 0. The molecule has 0 spiro atoms. The fraction of sp³-hybridized carbons (Fsp3) is 1.00. The first-order chi connectivity index (χ1) is 5.73. The molecule has 0 aliphatic carbocycles. The van der Waals surface area contributed by atoms with Gasteiger partial charge in [0.15, 0.2) is 0 Å². The fourth-order valence-electron chi connectivity index (χ4n) is 0. The zero-order chi connectivity index (χ0) is 12.6. The van der Waals surface area contributed by atoms with Crippen LogP contribution in [0.3, 0.4) is 0 Å². The zero-order valence-corrected chi connectivity index (χ0v) is 9.05. The molecule has 0 unspecified atom stereocenters. The van der Waals surface area contributed by atoms with Gasteiger partial charge in [0.05, 0.1) is 0 Å². The molecular weight excluding hydrogens is 243 g/mol. The lowest BCUT2D eigenvalue weighted by atomic mass is 10.5. The number of hydrogen-bond acceptors (Lipinski definition) is 4. The molecular formula is C3H13O9PS. The Labute approximate surface area is 80.8 Å². The monoisotopic (exact) mass is 256 g/mol. The fourth-order valence-corrected chi connectivity index (χ4v) is 0. The SMILES string of the molecule is CC(C)O.O=P(O)(O)O.O=S(=O)(O)O. The molecule has 0 saturated carbocycles. The standard InChI is InChI=1S/C3H8O.H3O4P.H2O4S/c1-3(2)4;2*1-5(2,3)4/h3-4H,1-2H3;(H3,1,2,3,4);(H2,1,2,3,4). The second-order valence-electron chi connectivity index (χ2n) is 2.05. The van der Waals surface area contributed by atoms with Crippen molar-refractivity contribution in [3.05, 3.63) is 0 Å². The first-order valence-corrected chi connectivity index (χ1v) is 5.86. The normalized spacial score (nSPS) is 10.9. The second kappa shape index (κ2) is 8.26. The molecule has 90 valence electrons. The van der Waals surface area contributed by atoms with Gasteiger partial charge in [0.25, 0.3) is 0 Å². The first kappa shape index (κ1) is 19.5. The maximum Gasteiger partial charge on any atom is 0.466 e. The van der Waals surface area contributed by atoms with E-state index in [1.807, 2.05) is 0 Å². The van der Waals surface area contributed by atoms with E-state index < -0.39 is 18.2 Å². The van der Waals surface area contributed by atoms with Crippen LogP contribution in [-0.4, -0.2) is 43.4 Å². The molecule has 0 heterocycles. The molecule has 0 aromatic rings. The Kier molecular flexibility index (Phi) is 11.5. The summed E-state index contributed by atoms with van der Waals surface area (Å²) in [7, 11) is -9.31. The minimum atomic E-state index is -4.67. The number of phosphoric acid groups is 1. The van der Waals surface area contributed by atoms with Gasteiger partial charge in [-0.05, 0) is 13.8 Å². The van der Waals surface area contributed by atoms with E-state index in [1.54, 1.807) is 13.8 Å². The van der Waals surface area contributed by atoms with Crippen LogP contribution in [0.5, 0.6) is 0 Å². The van der Waals surface area contributed by atoms with Gasteiger partial charge in [0.2, 0.25) is 0 Å².